The van der Waals surface area contributed by atoms with Crippen molar-refractivity contribution in [2.24, 2.45) is 0 Å². The minimum absolute atomic E-state index is 0.106. The van der Waals surface area contributed by atoms with E-state index in [1.165, 1.54) is 12.1 Å². The number of hydrogen-bond acceptors (Lipinski definition) is 5. The maximum absolute atomic E-state index is 12.5. The summed E-state index contributed by atoms with van der Waals surface area (Å²) in [5.74, 6) is 0. The zero-order chi connectivity index (χ0) is 14.3. The van der Waals surface area contributed by atoms with Crippen LogP contribution in [-0.4, -0.2) is 18.8 Å². The largest absolute Gasteiger partial charge is 0.369 e. The van der Waals surface area contributed by atoms with E-state index in [2.05, 4.69) is 9.79 Å². The fourth-order valence-corrected chi connectivity index (χ4v) is 3.25. The van der Waals surface area contributed by atoms with Crippen LogP contribution in [0.5, 0.6) is 0 Å². The quantitative estimate of drug-likeness (QED) is 0.840. The maximum atomic E-state index is 12.5. The molecule has 0 aliphatic rings. The van der Waals surface area contributed by atoms with Crippen LogP contribution in [-0.2, 0) is 15.3 Å². The third-order valence-corrected chi connectivity index (χ3v) is 4.28. The first-order valence-electron chi connectivity index (χ1n) is 5.66. The van der Waals surface area contributed by atoms with E-state index >= 15 is 0 Å². The van der Waals surface area contributed by atoms with Crippen molar-refractivity contribution in [2.45, 2.75) is 36.1 Å². The molecule has 0 atom stereocenters. The van der Waals surface area contributed by atoms with Crippen molar-refractivity contribution in [3.05, 3.63) is 36.0 Å². The lowest BCUT2D eigenvalue weighted by Crippen LogP contribution is -2.39. The highest BCUT2D eigenvalue weighted by Gasteiger charge is 2.43. The van der Waals surface area contributed by atoms with Crippen LogP contribution < -0.4 is 4.90 Å². The van der Waals surface area contributed by atoms with Gasteiger partial charge in [0.05, 0.1) is 4.90 Å². The molecule has 0 amide bonds. The van der Waals surface area contributed by atoms with Crippen LogP contribution in [0, 0.1) is 0 Å². The van der Waals surface area contributed by atoms with E-state index in [-0.39, 0.29) is 15.6 Å². The Morgan fingerprint density at radius 1 is 1.21 bits per heavy atom. The van der Waals surface area contributed by atoms with Crippen LogP contribution in [0.3, 0.4) is 0 Å². The summed E-state index contributed by atoms with van der Waals surface area (Å²) in [4.78, 5) is 0.505. The molecule has 0 unspecified atom stereocenters. The maximum Gasteiger partial charge on any atom is 0.369 e. The average Bonchev–Trinajstić information content (AvgIpc) is 2.73. The van der Waals surface area contributed by atoms with Gasteiger partial charge < -0.3 is 5.21 Å². The van der Waals surface area contributed by atoms with Crippen LogP contribution in [0.25, 0.3) is 0 Å². The molecular weight excluding hydrogens is 268 g/mol. The molecule has 0 radical (unpaired) electrons. The Bertz CT molecular complexity index is 684. The zero-order valence-corrected chi connectivity index (χ0v) is 11.7. The summed E-state index contributed by atoms with van der Waals surface area (Å²) in [6.45, 7) is 5.28. The molecular formula is C12H15N2O4S+. The number of aromatic nitrogens is 2. The van der Waals surface area contributed by atoms with Crippen molar-refractivity contribution in [3.63, 3.8) is 0 Å². The van der Waals surface area contributed by atoms with Crippen molar-refractivity contribution in [2.75, 3.05) is 0 Å². The predicted octanol–water partition coefficient (Wildman–Crippen LogP) is 1.33. The van der Waals surface area contributed by atoms with E-state index in [0.29, 0.717) is 4.90 Å². The Labute approximate surface area is 111 Å². The summed E-state index contributed by atoms with van der Waals surface area (Å²) >= 11 is 0. The fourth-order valence-electron chi connectivity index (χ4n) is 1.74. The number of sulfone groups is 1. The highest BCUT2D eigenvalue weighted by Crippen LogP contribution is 2.28. The van der Waals surface area contributed by atoms with Crippen LogP contribution in [0.15, 0.2) is 44.9 Å². The smallest absolute Gasteiger partial charge is 0.317 e. The zero-order valence-electron chi connectivity index (χ0n) is 10.9. The van der Waals surface area contributed by atoms with Gasteiger partial charge in [0, 0.05) is 5.41 Å². The molecule has 1 aromatic carbocycles. The molecule has 19 heavy (non-hydrogen) atoms. The lowest BCUT2D eigenvalue weighted by molar-refractivity contribution is -1.04. The van der Waals surface area contributed by atoms with E-state index < -0.39 is 15.3 Å². The SMILES string of the molecule is CC(C)(C)c1c(S(=O)(=O)c2ccccc2)no[n+]1O. The van der Waals surface area contributed by atoms with Gasteiger partial charge in [-0.3, -0.25) is 0 Å². The molecule has 1 N–H and O–H groups in total. The molecule has 2 aromatic rings. The van der Waals surface area contributed by atoms with Gasteiger partial charge >= 0.3 is 5.03 Å². The van der Waals surface area contributed by atoms with Gasteiger partial charge in [-0.05, 0) is 16.8 Å². The highest BCUT2D eigenvalue weighted by atomic mass is 32.2. The molecule has 0 aliphatic carbocycles. The normalized spacial score (nSPS) is 12.6. The number of nitrogens with zero attached hydrogens (tertiary/aromatic N) is 2. The van der Waals surface area contributed by atoms with E-state index in [9.17, 15) is 13.6 Å². The number of benzene rings is 1. The Morgan fingerprint density at radius 2 is 1.79 bits per heavy atom. The van der Waals surface area contributed by atoms with Gasteiger partial charge in [0.25, 0.3) is 15.5 Å². The standard InChI is InChI=1S/C12H15N2O4S/c1-12(2,3)10-11(13-18-14(10)15)19(16,17)9-7-5-4-6-8-9/h4-8,15H,1-3H3/q+1. The summed E-state index contributed by atoms with van der Waals surface area (Å²) in [7, 11) is -3.82. The third-order valence-electron chi connectivity index (χ3n) is 2.61. The van der Waals surface area contributed by atoms with Crippen molar-refractivity contribution in [1.82, 2.24) is 5.16 Å². The molecule has 0 bridgehead atoms. The second-order valence-electron chi connectivity index (χ2n) is 5.17. The minimum atomic E-state index is -3.82. The Balaban J connectivity index is 2.68. The molecule has 7 heteroatoms. The Morgan fingerprint density at radius 3 is 2.32 bits per heavy atom. The molecule has 0 fully saturated rings. The predicted molar refractivity (Wildman–Crippen MR) is 64.5 cm³/mol. The first-order chi connectivity index (χ1) is 8.74. The topological polar surface area (TPSA) is 84.3 Å². The van der Waals surface area contributed by atoms with Crippen LogP contribution in [0.2, 0.25) is 0 Å². The summed E-state index contributed by atoms with van der Waals surface area (Å²) < 4.78 is 29.5. The van der Waals surface area contributed by atoms with E-state index in [1.807, 2.05) is 0 Å². The van der Waals surface area contributed by atoms with Gasteiger partial charge in [0.15, 0.2) is 5.16 Å². The van der Waals surface area contributed by atoms with Crippen molar-refractivity contribution in [1.29, 1.82) is 0 Å². The Hall–Kier alpha value is -1.89. The monoisotopic (exact) mass is 283 g/mol. The number of hydrogen-bond donors (Lipinski definition) is 1. The third kappa shape index (κ3) is 2.33. The fraction of sp³-hybridized carbons (Fsp3) is 0.333. The van der Waals surface area contributed by atoms with E-state index in [1.54, 1.807) is 39.0 Å². The highest BCUT2D eigenvalue weighted by molar-refractivity contribution is 7.91. The average molecular weight is 283 g/mol. The summed E-state index contributed by atoms with van der Waals surface area (Å²) in [6.07, 6.45) is 0. The van der Waals surface area contributed by atoms with Crippen LogP contribution >= 0.6 is 0 Å². The minimum Gasteiger partial charge on any atom is -0.317 e. The first kappa shape index (κ1) is 13.5. The van der Waals surface area contributed by atoms with Crippen LogP contribution in [0.4, 0.5) is 0 Å². The van der Waals surface area contributed by atoms with Gasteiger partial charge in [-0.1, -0.05) is 39.0 Å². The lowest BCUT2D eigenvalue weighted by Gasteiger charge is -2.11. The molecule has 102 valence electrons. The van der Waals surface area contributed by atoms with Crippen molar-refractivity contribution < 1.29 is 23.2 Å². The summed E-state index contributed by atoms with van der Waals surface area (Å²) in [5, 5.41) is 12.8. The van der Waals surface area contributed by atoms with Gasteiger partial charge in [0.1, 0.15) is 4.90 Å². The van der Waals surface area contributed by atoms with Gasteiger partial charge in [0.2, 0.25) is 0 Å². The van der Waals surface area contributed by atoms with Crippen molar-refractivity contribution in [3.8, 4) is 0 Å². The number of rotatable bonds is 2. The van der Waals surface area contributed by atoms with Crippen LogP contribution in [0.1, 0.15) is 26.5 Å². The Kier molecular flexibility index (Phi) is 3.09. The van der Waals surface area contributed by atoms with E-state index in [4.69, 9.17) is 0 Å². The van der Waals surface area contributed by atoms with Gasteiger partial charge in [-0.25, -0.2) is 8.42 Å². The molecule has 2 rings (SSSR count). The van der Waals surface area contributed by atoms with Gasteiger partial charge in [-0.2, -0.15) is 0 Å². The molecule has 0 saturated heterocycles. The molecule has 0 spiro atoms. The second kappa shape index (κ2) is 4.34. The summed E-state index contributed by atoms with van der Waals surface area (Å²) in [6, 6.07) is 7.91. The molecule has 1 heterocycles. The molecule has 6 nitrogen and oxygen atoms in total. The first-order valence-corrected chi connectivity index (χ1v) is 7.15. The molecule has 0 saturated carbocycles. The summed E-state index contributed by atoms with van der Waals surface area (Å²) in [5.41, 5.74) is -0.525. The molecule has 1 aromatic heterocycles. The lowest BCUT2D eigenvalue weighted by atomic mass is 9.93. The van der Waals surface area contributed by atoms with Crippen molar-refractivity contribution >= 4 is 9.84 Å². The molecule has 0 aliphatic heterocycles. The second-order valence-corrected chi connectivity index (χ2v) is 7.03. The van der Waals surface area contributed by atoms with E-state index in [0.717, 1.165) is 0 Å². The van der Waals surface area contributed by atoms with Gasteiger partial charge in [-0.15, -0.1) is 0 Å².